The molecule has 182 valence electrons. The molecule has 0 saturated heterocycles. The molecule has 1 fully saturated rings. The third-order valence-electron chi connectivity index (χ3n) is 6.57. The minimum absolute atomic E-state index is 0.138. The molecule has 0 bridgehead atoms. The van der Waals surface area contributed by atoms with Gasteiger partial charge < -0.3 is 23.7 Å². The molecule has 35 heavy (non-hydrogen) atoms. The van der Waals surface area contributed by atoms with E-state index in [1.54, 1.807) is 37.5 Å². The zero-order valence-corrected chi connectivity index (χ0v) is 20.0. The number of carbonyl (C=O) groups is 3. The van der Waals surface area contributed by atoms with Gasteiger partial charge in [0.15, 0.2) is 5.41 Å². The van der Waals surface area contributed by atoms with Crippen molar-refractivity contribution in [2.45, 2.75) is 12.8 Å². The van der Waals surface area contributed by atoms with Gasteiger partial charge in [0.05, 0.1) is 28.4 Å². The second kappa shape index (κ2) is 9.29. The molecule has 0 amide bonds. The summed E-state index contributed by atoms with van der Waals surface area (Å²) in [5, 5.41) is 0. The van der Waals surface area contributed by atoms with Crippen molar-refractivity contribution in [1.82, 2.24) is 0 Å². The third kappa shape index (κ3) is 3.84. The van der Waals surface area contributed by atoms with Gasteiger partial charge in [0, 0.05) is 17.5 Å². The van der Waals surface area contributed by atoms with E-state index in [-0.39, 0.29) is 12.8 Å². The van der Waals surface area contributed by atoms with E-state index in [0.29, 0.717) is 28.4 Å². The zero-order chi connectivity index (χ0) is 25.2. The quantitative estimate of drug-likeness (QED) is 0.352. The predicted molar refractivity (Wildman–Crippen MR) is 126 cm³/mol. The summed E-state index contributed by atoms with van der Waals surface area (Å²) in [7, 11) is 5.22. The van der Waals surface area contributed by atoms with Crippen molar-refractivity contribution in [2.24, 2.45) is 10.8 Å². The molecule has 1 unspecified atom stereocenters. The lowest BCUT2D eigenvalue weighted by Crippen LogP contribution is -2.41. The minimum Gasteiger partial charge on any atom is -0.497 e. The SMILES string of the molecule is COC(=O)C12C=C(c3ccccc3)OC(c3ccc(OC)cc3)=C1CC(C(=O)OC)(C(=O)OC)C2. The van der Waals surface area contributed by atoms with E-state index in [1.165, 1.54) is 21.3 Å². The van der Waals surface area contributed by atoms with E-state index < -0.39 is 28.7 Å². The van der Waals surface area contributed by atoms with Crippen molar-refractivity contribution < 1.29 is 38.1 Å². The van der Waals surface area contributed by atoms with Crippen molar-refractivity contribution in [3.8, 4) is 5.75 Å². The minimum atomic E-state index is -1.75. The van der Waals surface area contributed by atoms with Crippen LogP contribution in [0, 0.1) is 10.8 Å². The summed E-state index contributed by atoms with van der Waals surface area (Å²) in [4.78, 5) is 39.5. The Morgan fingerprint density at radius 1 is 0.771 bits per heavy atom. The van der Waals surface area contributed by atoms with Crippen molar-refractivity contribution in [3.63, 3.8) is 0 Å². The van der Waals surface area contributed by atoms with Crippen molar-refractivity contribution in [3.05, 3.63) is 77.4 Å². The van der Waals surface area contributed by atoms with Crippen LogP contribution in [0.2, 0.25) is 0 Å². The highest BCUT2D eigenvalue weighted by molar-refractivity contribution is 6.05. The molecular formula is C27H26O8. The molecule has 0 radical (unpaired) electrons. The molecule has 0 N–H and O–H groups in total. The Labute approximate surface area is 203 Å². The maximum atomic E-state index is 13.5. The first-order chi connectivity index (χ1) is 16.8. The van der Waals surface area contributed by atoms with Crippen LogP contribution < -0.4 is 4.74 Å². The Bertz CT molecular complexity index is 1190. The summed E-state index contributed by atoms with van der Waals surface area (Å²) in [6, 6.07) is 16.3. The van der Waals surface area contributed by atoms with Gasteiger partial charge in [-0.15, -0.1) is 0 Å². The van der Waals surface area contributed by atoms with Gasteiger partial charge >= 0.3 is 17.9 Å². The summed E-state index contributed by atoms with van der Waals surface area (Å²) < 4.78 is 26.9. The number of ether oxygens (including phenoxy) is 5. The maximum Gasteiger partial charge on any atom is 0.323 e. The summed E-state index contributed by atoms with van der Waals surface area (Å²) >= 11 is 0. The highest BCUT2D eigenvalue weighted by Gasteiger charge is 2.66. The van der Waals surface area contributed by atoms with Gasteiger partial charge in [0.2, 0.25) is 0 Å². The topological polar surface area (TPSA) is 97.4 Å². The molecule has 8 heteroatoms. The first-order valence-electron chi connectivity index (χ1n) is 10.9. The standard InChI is InChI=1S/C27H26O8/c1-31-19-12-10-18(11-13-19)22-20-14-27(24(29)33-3,25(30)34-4)16-26(20,23(28)32-2)15-21(35-22)17-8-6-5-7-9-17/h5-13,15H,14,16H2,1-4H3. The second-order valence-corrected chi connectivity index (χ2v) is 8.39. The van der Waals surface area contributed by atoms with Gasteiger partial charge in [-0.3, -0.25) is 14.4 Å². The number of hydrogen-bond donors (Lipinski definition) is 0. The average molecular weight is 478 g/mol. The highest BCUT2D eigenvalue weighted by atomic mass is 16.5. The first-order valence-corrected chi connectivity index (χ1v) is 10.9. The number of carbonyl (C=O) groups excluding carboxylic acids is 3. The normalized spacial score (nSPS) is 20.2. The number of esters is 3. The summed E-state index contributed by atoms with van der Waals surface area (Å²) in [5.74, 6) is -0.815. The predicted octanol–water partition coefficient (Wildman–Crippen LogP) is 3.76. The number of benzene rings is 2. The molecule has 8 nitrogen and oxygen atoms in total. The number of rotatable bonds is 6. The molecule has 2 aromatic carbocycles. The van der Waals surface area contributed by atoms with Crippen LogP contribution in [-0.4, -0.2) is 46.3 Å². The van der Waals surface area contributed by atoms with Gasteiger partial charge in [0.25, 0.3) is 0 Å². The third-order valence-corrected chi connectivity index (χ3v) is 6.57. The Kier molecular flexibility index (Phi) is 6.39. The lowest BCUT2D eigenvalue weighted by Gasteiger charge is -2.32. The van der Waals surface area contributed by atoms with Gasteiger partial charge in [0.1, 0.15) is 22.7 Å². The largest absolute Gasteiger partial charge is 0.497 e. The molecule has 2 aromatic rings. The molecular weight excluding hydrogens is 452 g/mol. The Morgan fingerprint density at radius 3 is 1.91 bits per heavy atom. The Hall–Kier alpha value is -4.07. The van der Waals surface area contributed by atoms with E-state index in [4.69, 9.17) is 23.7 Å². The molecule has 0 spiro atoms. The van der Waals surface area contributed by atoms with Crippen LogP contribution in [0.25, 0.3) is 11.5 Å². The van der Waals surface area contributed by atoms with Gasteiger partial charge in [-0.2, -0.15) is 0 Å². The summed E-state index contributed by atoms with van der Waals surface area (Å²) in [5.41, 5.74) is -1.42. The van der Waals surface area contributed by atoms with Crippen LogP contribution in [0.3, 0.4) is 0 Å². The number of fused-ring (bicyclic) bond motifs is 1. The smallest absolute Gasteiger partial charge is 0.323 e. The lowest BCUT2D eigenvalue weighted by atomic mass is 9.76. The molecule has 1 saturated carbocycles. The van der Waals surface area contributed by atoms with Crippen LogP contribution in [0.15, 0.2) is 66.2 Å². The Morgan fingerprint density at radius 2 is 1.37 bits per heavy atom. The number of hydrogen-bond acceptors (Lipinski definition) is 8. The highest BCUT2D eigenvalue weighted by Crippen LogP contribution is 2.60. The molecule has 1 aliphatic carbocycles. The van der Waals surface area contributed by atoms with Crippen molar-refractivity contribution in [1.29, 1.82) is 0 Å². The van der Waals surface area contributed by atoms with Crippen LogP contribution in [-0.2, 0) is 33.3 Å². The molecule has 1 aliphatic heterocycles. The van der Waals surface area contributed by atoms with Crippen molar-refractivity contribution in [2.75, 3.05) is 28.4 Å². The lowest BCUT2D eigenvalue weighted by molar-refractivity contribution is -0.169. The van der Waals surface area contributed by atoms with Crippen molar-refractivity contribution >= 4 is 29.4 Å². The molecule has 0 aromatic heterocycles. The molecule has 1 atom stereocenters. The van der Waals surface area contributed by atoms with E-state index in [9.17, 15) is 14.4 Å². The van der Waals surface area contributed by atoms with Gasteiger partial charge in [-0.1, -0.05) is 30.3 Å². The van der Waals surface area contributed by atoms with E-state index in [2.05, 4.69) is 0 Å². The maximum absolute atomic E-state index is 13.5. The van der Waals surface area contributed by atoms with Crippen LogP contribution in [0.4, 0.5) is 0 Å². The zero-order valence-electron chi connectivity index (χ0n) is 20.0. The molecule has 4 rings (SSSR count). The average Bonchev–Trinajstić information content (AvgIpc) is 3.29. The van der Waals surface area contributed by atoms with Crippen LogP contribution in [0.5, 0.6) is 5.75 Å². The van der Waals surface area contributed by atoms with Crippen LogP contribution >= 0.6 is 0 Å². The molecule has 1 heterocycles. The fraction of sp³-hybridized carbons (Fsp3) is 0.296. The fourth-order valence-corrected chi connectivity index (χ4v) is 4.87. The van der Waals surface area contributed by atoms with Gasteiger partial charge in [-0.25, -0.2) is 0 Å². The summed E-state index contributed by atoms with van der Waals surface area (Å²) in [6.45, 7) is 0. The number of methoxy groups -OCH3 is 4. The second-order valence-electron chi connectivity index (χ2n) is 8.39. The van der Waals surface area contributed by atoms with E-state index >= 15 is 0 Å². The Balaban J connectivity index is 2.01. The first kappa shape index (κ1) is 24.1. The van der Waals surface area contributed by atoms with E-state index in [0.717, 1.165) is 5.56 Å². The van der Waals surface area contributed by atoms with Gasteiger partial charge in [-0.05, 0) is 42.3 Å². The van der Waals surface area contributed by atoms with Crippen LogP contribution in [0.1, 0.15) is 24.0 Å². The summed E-state index contributed by atoms with van der Waals surface area (Å²) in [6.07, 6.45) is 1.27. The van der Waals surface area contributed by atoms with E-state index in [1.807, 2.05) is 30.3 Å². The fourth-order valence-electron chi connectivity index (χ4n) is 4.87. The molecule has 2 aliphatic rings. The monoisotopic (exact) mass is 478 g/mol.